The molecule has 0 saturated heterocycles. The largest absolute Gasteiger partial charge is 0.463 e. The van der Waals surface area contributed by atoms with Crippen LogP contribution in [0.25, 0.3) is 11.1 Å². The summed E-state index contributed by atoms with van der Waals surface area (Å²) in [6.07, 6.45) is 6.08. The van der Waals surface area contributed by atoms with Gasteiger partial charge in [-0.2, -0.15) is 0 Å². The van der Waals surface area contributed by atoms with E-state index in [9.17, 15) is 9.59 Å². The van der Waals surface area contributed by atoms with E-state index in [0.29, 0.717) is 23.7 Å². The number of carbonyl (C=O) groups is 2. The van der Waals surface area contributed by atoms with Gasteiger partial charge in [0.05, 0.1) is 18.3 Å². The number of nitrogens with zero attached hydrogens (tertiary/aromatic N) is 2. The highest BCUT2D eigenvalue weighted by Crippen LogP contribution is 2.37. The van der Waals surface area contributed by atoms with Gasteiger partial charge in [-0.25, -0.2) is 0 Å². The fourth-order valence-electron chi connectivity index (χ4n) is 5.34. The number of hydrogen-bond acceptors (Lipinski definition) is 3. The van der Waals surface area contributed by atoms with E-state index in [2.05, 4.69) is 12.2 Å². The Morgan fingerprint density at radius 2 is 1.91 bits per heavy atom. The number of anilines is 1. The van der Waals surface area contributed by atoms with Crippen LogP contribution in [0.15, 0.2) is 41.0 Å². The number of hydrogen-bond donors (Lipinski definition) is 1. The summed E-state index contributed by atoms with van der Waals surface area (Å²) < 4.78 is 7.50. The summed E-state index contributed by atoms with van der Waals surface area (Å²) in [4.78, 5) is 29.4. The number of benzene rings is 1. The Bertz CT molecular complexity index is 1210. The lowest BCUT2D eigenvalue weighted by Gasteiger charge is -2.45. The Morgan fingerprint density at radius 1 is 1.12 bits per heavy atom. The zero-order valence-corrected chi connectivity index (χ0v) is 19.3. The van der Waals surface area contributed by atoms with E-state index in [1.165, 1.54) is 6.42 Å². The summed E-state index contributed by atoms with van der Waals surface area (Å²) in [5, 5.41) is 3.32. The number of carbonyl (C=O) groups excluding carboxylic acids is 2. The Balaban J connectivity index is 1.60. The molecule has 6 nitrogen and oxygen atoms in total. The molecule has 0 spiro atoms. The third-order valence-electron chi connectivity index (χ3n) is 7.57. The highest BCUT2D eigenvalue weighted by molar-refractivity contribution is 6.13. The fourth-order valence-corrected chi connectivity index (χ4v) is 5.34. The van der Waals surface area contributed by atoms with Crippen molar-refractivity contribution in [2.24, 2.45) is 5.92 Å². The molecular weight excluding hydrogens is 402 g/mol. The normalized spacial score (nSPS) is 25.8. The van der Waals surface area contributed by atoms with Gasteiger partial charge in [-0.1, -0.05) is 25.8 Å². The summed E-state index contributed by atoms with van der Waals surface area (Å²) in [5.74, 6) is 0.160. The maximum absolute atomic E-state index is 13.9. The van der Waals surface area contributed by atoms with E-state index >= 15 is 0 Å². The van der Waals surface area contributed by atoms with Crippen LogP contribution in [0.4, 0.5) is 5.69 Å². The summed E-state index contributed by atoms with van der Waals surface area (Å²) in [7, 11) is 0. The van der Waals surface area contributed by atoms with Crippen LogP contribution >= 0.6 is 0 Å². The van der Waals surface area contributed by atoms with Gasteiger partial charge in [-0.3, -0.25) is 14.5 Å². The molecule has 1 N–H and O–H groups in total. The Hall–Kier alpha value is -3.02. The van der Waals surface area contributed by atoms with Crippen LogP contribution in [0.2, 0.25) is 0 Å². The molecule has 168 valence electrons. The molecule has 3 heterocycles. The standard InChI is InChI=1S/C26H31N3O3/c1-16-9-10-19(13-18(16)3)29-24(30)22-14-23-21(11-12-32-23)28(22)15-26(29,4)25(31)27-20-8-6-5-7-17(20)2/h9-14,17,20H,5-8,15H2,1-4H3,(H,27,31)/t17-,20-,26-/m1/s1. The molecule has 3 aromatic rings. The number of nitrogens with one attached hydrogen (secondary N) is 1. The molecule has 6 heteroatoms. The third-order valence-corrected chi connectivity index (χ3v) is 7.57. The zero-order chi connectivity index (χ0) is 22.6. The second-order valence-corrected chi connectivity index (χ2v) is 9.81. The molecule has 1 aliphatic heterocycles. The molecule has 2 aromatic heterocycles. The van der Waals surface area contributed by atoms with Crippen molar-refractivity contribution in [3.8, 4) is 0 Å². The molecule has 3 atom stereocenters. The monoisotopic (exact) mass is 433 g/mol. The van der Waals surface area contributed by atoms with Crippen LogP contribution in [-0.2, 0) is 11.3 Å². The zero-order valence-electron chi connectivity index (χ0n) is 19.3. The molecule has 1 aromatic carbocycles. The van der Waals surface area contributed by atoms with Gasteiger partial charge in [-0.15, -0.1) is 0 Å². The maximum atomic E-state index is 13.9. The van der Waals surface area contributed by atoms with Crippen molar-refractivity contribution in [1.82, 2.24) is 9.88 Å². The minimum Gasteiger partial charge on any atom is -0.463 e. The Labute approximate surface area is 188 Å². The van der Waals surface area contributed by atoms with Crippen LogP contribution in [0.3, 0.4) is 0 Å². The van der Waals surface area contributed by atoms with Crippen LogP contribution in [0.5, 0.6) is 0 Å². The van der Waals surface area contributed by atoms with Crippen LogP contribution in [0, 0.1) is 19.8 Å². The van der Waals surface area contributed by atoms with Crippen molar-refractivity contribution in [3.63, 3.8) is 0 Å². The van der Waals surface area contributed by atoms with Gasteiger partial charge in [0.1, 0.15) is 11.2 Å². The maximum Gasteiger partial charge on any atom is 0.276 e. The van der Waals surface area contributed by atoms with Crippen molar-refractivity contribution in [1.29, 1.82) is 0 Å². The fraction of sp³-hybridized carbons (Fsp3) is 0.462. The van der Waals surface area contributed by atoms with Crippen LogP contribution < -0.4 is 10.2 Å². The van der Waals surface area contributed by atoms with E-state index in [-0.39, 0.29) is 17.9 Å². The molecule has 0 bridgehead atoms. The van der Waals surface area contributed by atoms with E-state index < -0.39 is 5.54 Å². The lowest BCUT2D eigenvalue weighted by molar-refractivity contribution is -0.127. The quantitative estimate of drug-likeness (QED) is 0.634. The highest BCUT2D eigenvalue weighted by atomic mass is 16.3. The second kappa shape index (κ2) is 7.54. The third kappa shape index (κ3) is 3.15. The van der Waals surface area contributed by atoms with Crippen molar-refractivity contribution in [2.75, 3.05) is 4.90 Å². The summed E-state index contributed by atoms with van der Waals surface area (Å²) in [6.45, 7) is 8.55. The van der Waals surface area contributed by atoms with Crippen molar-refractivity contribution in [2.45, 2.75) is 71.5 Å². The first-order chi connectivity index (χ1) is 15.3. The van der Waals surface area contributed by atoms with Gasteiger partial charge in [0.15, 0.2) is 5.58 Å². The first-order valence-electron chi connectivity index (χ1n) is 11.6. The number of amides is 2. The second-order valence-electron chi connectivity index (χ2n) is 9.81. The van der Waals surface area contributed by atoms with Gasteiger partial charge >= 0.3 is 0 Å². The molecule has 1 saturated carbocycles. The lowest BCUT2D eigenvalue weighted by Crippen LogP contribution is -2.65. The molecule has 1 fully saturated rings. The van der Waals surface area contributed by atoms with Crippen LogP contribution in [0.1, 0.15) is 61.1 Å². The summed E-state index contributed by atoms with van der Waals surface area (Å²) in [5.41, 5.74) is 3.99. The minimum absolute atomic E-state index is 0.0983. The first-order valence-corrected chi connectivity index (χ1v) is 11.6. The average molecular weight is 434 g/mol. The van der Waals surface area contributed by atoms with Crippen LogP contribution in [-0.4, -0.2) is 28.0 Å². The molecular formula is C26H31N3O3. The molecule has 2 amide bonds. The van der Waals surface area contributed by atoms with E-state index in [1.54, 1.807) is 17.2 Å². The van der Waals surface area contributed by atoms with E-state index in [4.69, 9.17) is 4.42 Å². The Morgan fingerprint density at radius 3 is 2.66 bits per heavy atom. The molecule has 1 aliphatic carbocycles. The van der Waals surface area contributed by atoms with Gasteiger partial charge in [-0.05, 0) is 62.8 Å². The van der Waals surface area contributed by atoms with Gasteiger partial charge in [0, 0.05) is 23.9 Å². The smallest absolute Gasteiger partial charge is 0.276 e. The van der Waals surface area contributed by atoms with Gasteiger partial charge in [0.2, 0.25) is 5.91 Å². The molecule has 2 aliphatic rings. The number of aryl methyl sites for hydroxylation is 2. The van der Waals surface area contributed by atoms with E-state index in [0.717, 1.165) is 41.6 Å². The SMILES string of the molecule is Cc1ccc(N2C(=O)c3cc4occc4n3C[C@]2(C)C(=O)N[C@@H]2CCCC[C@H]2C)cc1C. The lowest BCUT2D eigenvalue weighted by atomic mass is 9.84. The van der Waals surface area contributed by atoms with Gasteiger partial charge < -0.3 is 14.3 Å². The molecule has 0 radical (unpaired) electrons. The number of aromatic nitrogens is 1. The summed E-state index contributed by atoms with van der Waals surface area (Å²) in [6, 6.07) is 9.75. The molecule has 5 rings (SSSR count). The van der Waals surface area contributed by atoms with Crippen molar-refractivity contribution >= 4 is 28.6 Å². The topological polar surface area (TPSA) is 67.5 Å². The number of furan rings is 1. The highest BCUT2D eigenvalue weighted by Gasteiger charge is 2.49. The average Bonchev–Trinajstić information content (AvgIpc) is 3.35. The number of rotatable bonds is 3. The summed E-state index contributed by atoms with van der Waals surface area (Å²) >= 11 is 0. The van der Waals surface area contributed by atoms with Crippen molar-refractivity contribution in [3.05, 3.63) is 53.4 Å². The Kier molecular flexibility index (Phi) is 4.91. The predicted octanol–water partition coefficient (Wildman–Crippen LogP) is 4.97. The first kappa shape index (κ1) is 20.9. The van der Waals surface area contributed by atoms with Gasteiger partial charge in [0.25, 0.3) is 5.91 Å². The predicted molar refractivity (Wildman–Crippen MR) is 125 cm³/mol. The minimum atomic E-state index is -1.06. The van der Waals surface area contributed by atoms with E-state index in [1.807, 2.05) is 49.6 Å². The molecule has 0 unspecified atom stereocenters. The molecule has 32 heavy (non-hydrogen) atoms. The number of fused-ring (bicyclic) bond motifs is 3. The van der Waals surface area contributed by atoms with Crippen molar-refractivity contribution < 1.29 is 14.0 Å².